The number of nitrogens with zero attached hydrogens (tertiary/aromatic N) is 4. The second kappa shape index (κ2) is 6.16. The minimum atomic E-state index is 0.514. The molecule has 0 unspecified atom stereocenters. The SMILES string of the molecule is Clc1cccc(Nc2nc3cc(C4=NN=NC4)ccc3c3ccsc23)c1. The van der Waals surface area contributed by atoms with Crippen LogP contribution in [0.3, 0.4) is 0 Å². The predicted molar refractivity (Wildman–Crippen MR) is 108 cm³/mol. The highest BCUT2D eigenvalue weighted by Gasteiger charge is 2.13. The number of fused-ring (bicyclic) bond motifs is 3. The molecule has 0 amide bonds. The Kier molecular flexibility index (Phi) is 3.65. The van der Waals surface area contributed by atoms with Gasteiger partial charge in [0.1, 0.15) is 12.4 Å². The van der Waals surface area contributed by atoms with E-state index in [0.717, 1.165) is 38.4 Å². The van der Waals surface area contributed by atoms with Gasteiger partial charge < -0.3 is 5.32 Å². The first-order chi connectivity index (χ1) is 12.8. The van der Waals surface area contributed by atoms with Crippen LogP contribution in [0.1, 0.15) is 5.56 Å². The zero-order chi connectivity index (χ0) is 17.5. The molecular formula is C19H12ClN5S. The Balaban J connectivity index is 1.67. The van der Waals surface area contributed by atoms with Crippen molar-refractivity contribution in [3.63, 3.8) is 0 Å². The van der Waals surface area contributed by atoms with Gasteiger partial charge in [-0.3, -0.25) is 0 Å². The van der Waals surface area contributed by atoms with E-state index in [1.54, 1.807) is 11.3 Å². The molecule has 0 fully saturated rings. The molecule has 2 aromatic heterocycles. The number of pyridine rings is 1. The molecule has 0 atom stereocenters. The quantitative estimate of drug-likeness (QED) is 0.474. The van der Waals surface area contributed by atoms with Crippen molar-refractivity contribution in [2.45, 2.75) is 0 Å². The molecule has 0 bridgehead atoms. The fourth-order valence-electron chi connectivity index (χ4n) is 3.06. The number of benzene rings is 2. The van der Waals surface area contributed by atoms with Crippen molar-refractivity contribution in [1.82, 2.24) is 4.98 Å². The fraction of sp³-hybridized carbons (Fsp3) is 0.0526. The van der Waals surface area contributed by atoms with Gasteiger partial charge in [-0.05, 0) is 40.9 Å². The lowest BCUT2D eigenvalue weighted by Crippen LogP contribution is -2.02. The number of anilines is 2. The lowest BCUT2D eigenvalue weighted by atomic mass is 10.1. The summed E-state index contributed by atoms with van der Waals surface area (Å²) >= 11 is 7.78. The Bertz CT molecular complexity index is 1210. The van der Waals surface area contributed by atoms with E-state index in [-0.39, 0.29) is 0 Å². The van der Waals surface area contributed by atoms with Crippen LogP contribution in [0.4, 0.5) is 11.5 Å². The molecule has 26 heavy (non-hydrogen) atoms. The average Bonchev–Trinajstić information content (AvgIpc) is 3.33. The van der Waals surface area contributed by atoms with Gasteiger partial charge in [0.15, 0.2) is 0 Å². The highest BCUT2D eigenvalue weighted by atomic mass is 35.5. The maximum absolute atomic E-state index is 6.11. The summed E-state index contributed by atoms with van der Waals surface area (Å²) in [5.41, 5.74) is 3.68. The van der Waals surface area contributed by atoms with Crippen LogP contribution >= 0.6 is 22.9 Å². The Morgan fingerprint density at radius 3 is 2.85 bits per heavy atom. The first-order valence-electron chi connectivity index (χ1n) is 8.05. The number of hydrogen-bond acceptors (Lipinski definition) is 6. The van der Waals surface area contributed by atoms with E-state index < -0.39 is 0 Å². The van der Waals surface area contributed by atoms with Crippen LogP contribution < -0.4 is 5.32 Å². The van der Waals surface area contributed by atoms with E-state index in [1.165, 1.54) is 5.39 Å². The molecule has 4 aromatic rings. The van der Waals surface area contributed by atoms with E-state index in [1.807, 2.05) is 30.3 Å². The summed E-state index contributed by atoms with van der Waals surface area (Å²) in [4.78, 5) is 4.87. The van der Waals surface area contributed by atoms with E-state index >= 15 is 0 Å². The second-order valence-corrected chi connectivity index (χ2v) is 7.28. The van der Waals surface area contributed by atoms with Gasteiger partial charge in [0.05, 0.1) is 15.9 Å². The van der Waals surface area contributed by atoms with Crippen molar-refractivity contribution in [2.75, 3.05) is 11.9 Å². The first kappa shape index (κ1) is 15.4. The Labute approximate surface area is 158 Å². The van der Waals surface area contributed by atoms with Gasteiger partial charge in [0, 0.05) is 27.0 Å². The molecule has 0 radical (unpaired) electrons. The van der Waals surface area contributed by atoms with Crippen LogP contribution in [0.5, 0.6) is 0 Å². The van der Waals surface area contributed by atoms with Crippen molar-refractivity contribution in [3.8, 4) is 0 Å². The van der Waals surface area contributed by atoms with Gasteiger partial charge in [0.25, 0.3) is 0 Å². The van der Waals surface area contributed by atoms with Crippen molar-refractivity contribution in [2.24, 2.45) is 15.4 Å². The molecule has 126 valence electrons. The highest BCUT2D eigenvalue weighted by Crippen LogP contribution is 2.35. The molecule has 2 aromatic carbocycles. The number of halogens is 1. The number of rotatable bonds is 3. The molecule has 0 saturated carbocycles. The molecule has 3 heterocycles. The monoisotopic (exact) mass is 377 g/mol. The van der Waals surface area contributed by atoms with Gasteiger partial charge in [-0.15, -0.1) is 16.4 Å². The average molecular weight is 378 g/mol. The Hall–Kier alpha value is -2.83. The van der Waals surface area contributed by atoms with E-state index in [4.69, 9.17) is 16.6 Å². The third kappa shape index (κ3) is 2.64. The summed E-state index contributed by atoms with van der Waals surface area (Å²) in [6.07, 6.45) is 0. The van der Waals surface area contributed by atoms with Crippen LogP contribution in [0.2, 0.25) is 5.02 Å². The van der Waals surface area contributed by atoms with Crippen LogP contribution in [0.25, 0.3) is 21.0 Å². The molecule has 0 aliphatic carbocycles. The first-order valence-corrected chi connectivity index (χ1v) is 9.31. The molecule has 1 N–H and O–H groups in total. The Morgan fingerprint density at radius 1 is 1.04 bits per heavy atom. The summed E-state index contributed by atoms with van der Waals surface area (Å²) < 4.78 is 1.12. The fourth-order valence-corrected chi connectivity index (χ4v) is 4.10. The maximum Gasteiger partial charge on any atom is 0.149 e. The molecule has 5 nitrogen and oxygen atoms in total. The summed E-state index contributed by atoms with van der Waals surface area (Å²) in [7, 11) is 0. The number of hydrogen-bond donors (Lipinski definition) is 1. The lowest BCUT2D eigenvalue weighted by Gasteiger charge is -2.10. The van der Waals surface area contributed by atoms with E-state index in [2.05, 4.69) is 44.3 Å². The molecule has 1 aliphatic rings. The molecular weight excluding hydrogens is 366 g/mol. The van der Waals surface area contributed by atoms with Gasteiger partial charge >= 0.3 is 0 Å². The lowest BCUT2D eigenvalue weighted by molar-refractivity contribution is 1.06. The van der Waals surface area contributed by atoms with Crippen molar-refractivity contribution >= 4 is 61.1 Å². The van der Waals surface area contributed by atoms with Crippen LogP contribution in [-0.4, -0.2) is 17.2 Å². The van der Waals surface area contributed by atoms with Crippen molar-refractivity contribution in [1.29, 1.82) is 0 Å². The van der Waals surface area contributed by atoms with E-state index in [9.17, 15) is 0 Å². The van der Waals surface area contributed by atoms with Crippen molar-refractivity contribution in [3.05, 3.63) is 64.5 Å². The second-order valence-electron chi connectivity index (χ2n) is 5.93. The zero-order valence-corrected chi connectivity index (χ0v) is 15.1. The molecule has 0 saturated heterocycles. The normalized spacial score (nSPS) is 13.5. The highest BCUT2D eigenvalue weighted by molar-refractivity contribution is 7.18. The number of nitrogens with one attached hydrogen (secondary N) is 1. The Morgan fingerprint density at radius 2 is 2.00 bits per heavy atom. The zero-order valence-electron chi connectivity index (χ0n) is 13.5. The van der Waals surface area contributed by atoms with Gasteiger partial charge in [0.2, 0.25) is 0 Å². The number of thiophene rings is 1. The van der Waals surface area contributed by atoms with Crippen molar-refractivity contribution < 1.29 is 0 Å². The van der Waals surface area contributed by atoms with Gasteiger partial charge in [-0.25, -0.2) is 4.98 Å². The van der Waals surface area contributed by atoms with E-state index in [0.29, 0.717) is 11.6 Å². The summed E-state index contributed by atoms with van der Waals surface area (Å²) in [5.74, 6) is 0.824. The number of aromatic nitrogens is 1. The minimum Gasteiger partial charge on any atom is -0.339 e. The molecule has 7 heteroatoms. The van der Waals surface area contributed by atoms with Gasteiger partial charge in [-0.2, -0.15) is 5.11 Å². The summed E-state index contributed by atoms with van der Waals surface area (Å²) in [6, 6.07) is 16.0. The molecule has 1 aliphatic heterocycles. The van der Waals surface area contributed by atoms with Crippen LogP contribution in [0, 0.1) is 0 Å². The standard InChI is InChI=1S/C19H12ClN5S/c20-12-2-1-3-13(9-12)22-19-18-15(6-7-26-18)14-5-4-11(8-16(14)23-19)17-10-21-25-24-17/h1-9H,10H2,(H,22,23). The smallest absolute Gasteiger partial charge is 0.149 e. The molecule has 5 rings (SSSR count). The largest absolute Gasteiger partial charge is 0.339 e. The van der Waals surface area contributed by atoms with Gasteiger partial charge in [-0.1, -0.05) is 29.8 Å². The third-order valence-corrected chi connectivity index (χ3v) is 5.43. The van der Waals surface area contributed by atoms with Crippen LogP contribution in [-0.2, 0) is 0 Å². The molecule has 0 spiro atoms. The summed E-state index contributed by atoms with van der Waals surface area (Å²) in [5, 5.41) is 20.2. The maximum atomic E-state index is 6.11. The topological polar surface area (TPSA) is 62.0 Å². The third-order valence-electron chi connectivity index (χ3n) is 4.27. The van der Waals surface area contributed by atoms with Crippen LogP contribution in [0.15, 0.2) is 69.3 Å². The minimum absolute atomic E-state index is 0.514. The predicted octanol–water partition coefficient (Wildman–Crippen LogP) is 6.02. The summed E-state index contributed by atoms with van der Waals surface area (Å²) in [6.45, 7) is 0.514.